The normalized spacial score (nSPS) is 20.9. The summed E-state index contributed by atoms with van der Waals surface area (Å²) in [4.78, 5) is 14.2. The first kappa shape index (κ1) is 20.9. The van der Waals surface area contributed by atoms with Crippen molar-refractivity contribution in [3.8, 4) is 11.5 Å². The highest BCUT2D eigenvalue weighted by molar-refractivity contribution is 6.62. The van der Waals surface area contributed by atoms with Crippen molar-refractivity contribution in [3.63, 3.8) is 0 Å². The van der Waals surface area contributed by atoms with Gasteiger partial charge >= 0.3 is 13.1 Å². The zero-order valence-corrected chi connectivity index (χ0v) is 17.3. The molecule has 0 bridgehead atoms. The number of ether oxygens (including phenoxy) is 2. The van der Waals surface area contributed by atoms with E-state index in [1.807, 2.05) is 33.8 Å². The van der Waals surface area contributed by atoms with Crippen LogP contribution in [0.3, 0.4) is 0 Å². The SMILES string of the molecule is C=CC(=O)Oc1cc(B2OC(C)(C)C(C)(C)O2)ccc1OCCN1CCCC1. The van der Waals surface area contributed by atoms with Gasteiger partial charge in [0.25, 0.3) is 0 Å². The van der Waals surface area contributed by atoms with Crippen LogP contribution in [0, 0.1) is 0 Å². The van der Waals surface area contributed by atoms with Crippen molar-refractivity contribution < 1.29 is 23.6 Å². The third-order valence-electron chi connectivity index (χ3n) is 5.73. The smallest absolute Gasteiger partial charge is 0.488 e. The highest BCUT2D eigenvalue weighted by Gasteiger charge is 2.51. The summed E-state index contributed by atoms with van der Waals surface area (Å²) in [5.74, 6) is 0.337. The second-order valence-electron chi connectivity index (χ2n) is 8.32. The molecule has 0 saturated carbocycles. The van der Waals surface area contributed by atoms with Crippen LogP contribution in [0.1, 0.15) is 40.5 Å². The Balaban J connectivity index is 1.75. The maximum absolute atomic E-state index is 11.8. The van der Waals surface area contributed by atoms with Crippen molar-refractivity contribution in [1.29, 1.82) is 0 Å². The highest BCUT2D eigenvalue weighted by Crippen LogP contribution is 2.37. The number of hydrogen-bond acceptors (Lipinski definition) is 6. The average Bonchev–Trinajstić information content (AvgIpc) is 3.22. The fraction of sp³-hybridized carbons (Fsp3) is 0.571. The number of hydrogen-bond donors (Lipinski definition) is 0. The molecule has 0 aliphatic carbocycles. The van der Waals surface area contributed by atoms with Crippen LogP contribution in [-0.2, 0) is 14.1 Å². The quantitative estimate of drug-likeness (QED) is 0.310. The zero-order valence-electron chi connectivity index (χ0n) is 17.3. The highest BCUT2D eigenvalue weighted by atomic mass is 16.7. The van der Waals surface area contributed by atoms with Crippen molar-refractivity contribution in [2.75, 3.05) is 26.2 Å². The molecule has 2 aliphatic rings. The summed E-state index contributed by atoms with van der Waals surface area (Å²) in [5, 5.41) is 0. The van der Waals surface area contributed by atoms with Gasteiger partial charge in [0.1, 0.15) is 6.61 Å². The van der Waals surface area contributed by atoms with Crippen molar-refractivity contribution in [1.82, 2.24) is 4.90 Å². The first-order chi connectivity index (χ1) is 13.2. The largest absolute Gasteiger partial charge is 0.494 e. The van der Waals surface area contributed by atoms with Gasteiger partial charge in [0.2, 0.25) is 0 Å². The van der Waals surface area contributed by atoms with E-state index in [-0.39, 0.29) is 0 Å². The second-order valence-corrected chi connectivity index (χ2v) is 8.32. The number of carbonyl (C=O) groups is 1. The molecule has 7 heteroatoms. The molecular formula is C21H30BNO5. The Kier molecular flexibility index (Phi) is 6.17. The summed E-state index contributed by atoms with van der Waals surface area (Å²) in [5.41, 5.74) is -0.112. The van der Waals surface area contributed by atoms with Gasteiger partial charge in [-0.25, -0.2) is 4.79 Å². The van der Waals surface area contributed by atoms with E-state index in [1.165, 1.54) is 12.8 Å². The number of likely N-dealkylation sites (tertiary alicyclic amines) is 1. The summed E-state index contributed by atoms with van der Waals surface area (Å²) < 4.78 is 23.5. The summed E-state index contributed by atoms with van der Waals surface area (Å²) in [7, 11) is -0.537. The molecule has 1 aromatic rings. The van der Waals surface area contributed by atoms with Gasteiger partial charge in [-0.1, -0.05) is 12.6 Å². The van der Waals surface area contributed by atoms with E-state index < -0.39 is 24.3 Å². The minimum Gasteiger partial charge on any atom is -0.488 e. The van der Waals surface area contributed by atoms with E-state index in [2.05, 4.69) is 11.5 Å². The van der Waals surface area contributed by atoms with Crippen molar-refractivity contribution >= 4 is 18.6 Å². The first-order valence-electron chi connectivity index (χ1n) is 9.91. The summed E-state index contributed by atoms with van der Waals surface area (Å²) in [6, 6.07) is 5.43. The van der Waals surface area contributed by atoms with Gasteiger partial charge in [-0.2, -0.15) is 0 Å². The molecule has 1 aromatic carbocycles. The van der Waals surface area contributed by atoms with Gasteiger partial charge in [0.05, 0.1) is 11.2 Å². The fourth-order valence-electron chi connectivity index (χ4n) is 3.29. The summed E-state index contributed by atoms with van der Waals surface area (Å²) in [6.45, 7) is 15.1. The fourth-order valence-corrected chi connectivity index (χ4v) is 3.29. The van der Waals surface area contributed by atoms with E-state index in [0.717, 1.165) is 31.2 Å². The van der Waals surface area contributed by atoms with Crippen LogP contribution in [0.2, 0.25) is 0 Å². The molecule has 0 amide bonds. The molecule has 2 aliphatic heterocycles. The Labute approximate surface area is 167 Å². The standard InChI is InChI=1S/C21H30BNO5/c1-6-19(24)26-18-15-16(22-27-20(2,3)21(4,5)28-22)9-10-17(18)25-14-13-23-11-7-8-12-23/h6,9-10,15H,1,7-8,11-14H2,2-5H3. The van der Waals surface area contributed by atoms with Crippen LogP contribution in [0.4, 0.5) is 0 Å². The first-order valence-corrected chi connectivity index (χ1v) is 9.91. The van der Waals surface area contributed by atoms with Gasteiger partial charge in [0, 0.05) is 12.6 Å². The topological polar surface area (TPSA) is 57.2 Å². The average molecular weight is 387 g/mol. The van der Waals surface area contributed by atoms with Crippen LogP contribution in [0.15, 0.2) is 30.9 Å². The Bertz CT molecular complexity index is 712. The number of nitrogens with zero attached hydrogens (tertiary/aromatic N) is 1. The predicted octanol–water partition coefficient (Wildman–Crippen LogP) is 2.55. The molecule has 3 rings (SSSR count). The molecular weight excluding hydrogens is 357 g/mol. The van der Waals surface area contributed by atoms with E-state index in [1.54, 1.807) is 12.1 Å². The van der Waals surface area contributed by atoms with Gasteiger partial charge in [-0.3, -0.25) is 4.90 Å². The predicted molar refractivity (Wildman–Crippen MR) is 109 cm³/mol. The number of rotatable bonds is 7. The number of benzene rings is 1. The third-order valence-corrected chi connectivity index (χ3v) is 5.73. The minimum absolute atomic E-state index is 0.346. The molecule has 0 spiro atoms. The molecule has 0 atom stereocenters. The Morgan fingerprint density at radius 3 is 2.43 bits per heavy atom. The van der Waals surface area contributed by atoms with Crippen LogP contribution < -0.4 is 14.9 Å². The number of carbonyl (C=O) groups excluding carboxylic acids is 1. The van der Waals surface area contributed by atoms with Crippen molar-refractivity contribution in [3.05, 3.63) is 30.9 Å². The summed E-state index contributed by atoms with van der Waals surface area (Å²) >= 11 is 0. The Morgan fingerprint density at radius 2 is 1.82 bits per heavy atom. The maximum Gasteiger partial charge on any atom is 0.494 e. The molecule has 0 radical (unpaired) electrons. The molecule has 152 valence electrons. The van der Waals surface area contributed by atoms with Crippen molar-refractivity contribution in [2.24, 2.45) is 0 Å². The lowest BCUT2D eigenvalue weighted by molar-refractivity contribution is -0.129. The molecule has 28 heavy (non-hydrogen) atoms. The van der Waals surface area contributed by atoms with Crippen LogP contribution in [0.5, 0.6) is 11.5 Å². The number of esters is 1. The summed E-state index contributed by atoms with van der Waals surface area (Å²) in [6.07, 6.45) is 3.62. The van der Waals surface area contributed by atoms with E-state index >= 15 is 0 Å². The second kappa shape index (κ2) is 8.27. The molecule has 2 heterocycles. The lowest BCUT2D eigenvalue weighted by Crippen LogP contribution is -2.41. The minimum atomic E-state index is -0.537. The van der Waals surface area contributed by atoms with Crippen LogP contribution in [0.25, 0.3) is 0 Å². The van der Waals surface area contributed by atoms with Gasteiger partial charge in [-0.05, 0) is 71.2 Å². The van der Waals surface area contributed by atoms with Crippen LogP contribution >= 0.6 is 0 Å². The Morgan fingerprint density at radius 1 is 1.18 bits per heavy atom. The molecule has 0 N–H and O–H groups in total. The molecule has 0 aromatic heterocycles. The Hall–Kier alpha value is -1.83. The lowest BCUT2D eigenvalue weighted by atomic mass is 9.79. The zero-order chi connectivity index (χ0) is 20.4. The molecule has 0 unspecified atom stereocenters. The van der Waals surface area contributed by atoms with Gasteiger partial charge < -0.3 is 18.8 Å². The van der Waals surface area contributed by atoms with E-state index in [0.29, 0.717) is 18.1 Å². The molecule has 6 nitrogen and oxygen atoms in total. The van der Waals surface area contributed by atoms with E-state index in [4.69, 9.17) is 18.8 Å². The third kappa shape index (κ3) is 4.59. The maximum atomic E-state index is 11.8. The molecule has 2 fully saturated rings. The monoisotopic (exact) mass is 387 g/mol. The van der Waals surface area contributed by atoms with E-state index in [9.17, 15) is 4.79 Å². The van der Waals surface area contributed by atoms with Crippen molar-refractivity contribution in [2.45, 2.75) is 51.7 Å². The molecule has 2 saturated heterocycles. The van der Waals surface area contributed by atoms with Gasteiger partial charge in [-0.15, -0.1) is 0 Å². The van der Waals surface area contributed by atoms with Gasteiger partial charge in [0.15, 0.2) is 11.5 Å². The van der Waals surface area contributed by atoms with Crippen LogP contribution in [-0.4, -0.2) is 55.4 Å². The lowest BCUT2D eigenvalue weighted by Gasteiger charge is -2.32.